The Morgan fingerprint density at radius 3 is 2.11 bits per heavy atom. The number of benzene rings is 2. The molecule has 2 aromatic carbocycles. The first-order valence-corrected chi connectivity index (χ1v) is 10.1. The molecule has 1 fully saturated rings. The lowest BCUT2D eigenvalue weighted by molar-refractivity contribution is -0.270. The summed E-state index contributed by atoms with van der Waals surface area (Å²) in [6.45, 7) is 2.27. The van der Waals surface area contributed by atoms with Crippen LogP contribution in [0, 0.1) is 17.2 Å². The molecular formula is C24H29NO2. The van der Waals surface area contributed by atoms with E-state index in [-0.39, 0.29) is 0 Å². The van der Waals surface area contributed by atoms with Crippen molar-refractivity contribution >= 4 is 0 Å². The van der Waals surface area contributed by atoms with E-state index in [0.29, 0.717) is 11.5 Å². The van der Waals surface area contributed by atoms with Crippen molar-refractivity contribution in [2.24, 2.45) is 5.92 Å². The molecule has 1 aliphatic carbocycles. The smallest absolute Gasteiger partial charge is 0.143 e. The molecule has 0 heterocycles. The van der Waals surface area contributed by atoms with Crippen LogP contribution in [0.2, 0.25) is 0 Å². The summed E-state index contributed by atoms with van der Waals surface area (Å²) in [6.07, 6.45) is 8.78. The zero-order valence-corrected chi connectivity index (χ0v) is 16.1. The van der Waals surface area contributed by atoms with Crippen molar-refractivity contribution in [3.63, 3.8) is 0 Å². The third-order valence-corrected chi connectivity index (χ3v) is 5.97. The van der Waals surface area contributed by atoms with Gasteiger partial charge in [-0.1, -0.05) is 62.6 Å². The molecule has 0 spiro atoms. The lowest BCUT2D eigenvalue weighted by atomic mass is 9.77. The molecule has 3 rings (SSSR count). The van der Waals surface area contributed by atoms with E-state index in [9.17, 15) is 5.26 Å². The Bertz CT molecular complexity index is 737. The molecule has 1 atom stereocenters. The Labute approximate surface area is 162 Å². The second-order valence-electron chi connectivity index (χ2n) is 7.75. The van der Waals surface area contributed by atoms with Crippen LogP contribution in [0.3, 0.4) is 0 Å². The fourth-order valence-electron chi connectivity index (χ4n) is 4.27. The number of hydrogen-bond acceptors (Lipinski definition) is 3. The van der Waals surface area contributed by atoms with Gasteiger partial charge in [-0.2, -0.15) is 5.26 Å². The first kappa shape index (κ1) is 19.6. The maximum Gasteiger partial charge on any atom is 0.143 e. The highest BCUT2D eigenvalue weighted by Crippen LogP contribution is 2.38. The molecule has 1 unspecified atom stereocenters. The quantitative estimate of drug-likeness (QED) is 0.445. The van der Waals surface area contributed by atoms with Crippen molar-refractivity contribution in [2.45, 2.75) is 63.9 Å². The van der Waals surface area contributed by atoms with E-state index < -0.39 is 6.10 Å². The largest absolute Gasteiger partial charge is 0.251 e. The van der Waals surface area contributed by atoms with Crippen molar-refractivity contribution in [3.05, 3.63) is 70.8 Å². The van der Waals surface area contributed by atoms with E-state index in [4.69, 9.17) is 10.1 Å². The molecule has 0 amide bonds. The van der Waals surface area contributed by atoms with Crippen LogP contribution in [0.15, 0.2) is 48.5 Å². The average Bonchev–Trinajstić information content (AvgIpc) is 2.74. The van der Waals surface area contributed by atoms with E-state index in [1.54, 1.807) is 12.1 Å². The van der Waals surface area contributed by atoms with Crippen molar-refractivity contribution < 1.29 is 10.1 Å². The normalized spacial score (nSPS) is 20.8. The van der Waals surface area contributed by atoms with E-state index in [2.05, 4.69) is 37.3 Å². The third-order valence-electron chi connectivity index (χ3n) is 5.97. The van der Waals surface area contributed by atoms with Crippen LogP contribution in [0.5, 0.6) is 0 Å². The Hall–Kier alpha value is -2.15. The summed E-state index contributed by atoms with van der Waals surface area (Å²) in [5.74, 6) is 1.57. The standard InChI is InChI=1S/C24H29NO2/c1-2-3-4-18-5-9-20(10-6-18)21-13-15-23(16-14-21)24(27-26)22-11-7-19(17-25)8-12-22/h7-8,11-16,18,20,24,26H,2-6,9-10H2,1H3. The zero-order valence-electron chi connectivity index (χ0n) is 16.1. The maximum absolute atomic E-state index is 9.41. The van der Waals surface area contributed by atoms with Gasteiger partial charge >= 0.3 is 0 Å². The summed E-state index contributed by atoms with van der Waals surface area (Å²) in [5, 5.41) is 18.3. The summed E-state index contributed by atoms with van der Waals surface area (Å²) in [7, 11) is 0. The van der Waals surface area contributed by atoms with Crippen LogP contribution in [0.1, 0.15) is 86.1 Å². The van der Waals surface area contributed by atoms with Gasteiger partial charge in [-0.15, -0.1) is 0 Å². The van der Waals surface area contributed by atoms with Crippen LogP contribution >= 0.6 is 0 Å². The molecule has 0 aliphatic heterocycles. The second-order valence-corrected chi connectivity index (χ2v) is 7.75. The van der Waals surface area contributed by atoms with Gasteiger partial charge in [0.25, 0.3) is 0 Å². The number of hydrogen-bond donors (Lipinski definition) is 1. The molecule has 2 aromatic rings. The molecule has 27 heavy (non-hydrogen) atoms. The van der Waals surface area contributed by atoms with Crippen LogP contribution in [-0.4, -0.2) is 5.26 Å². The van der Waals surface area contributed by atoms with Crippen molar-refractivity contribution in [1.29, 1.82) is 5.26 Å². The Kier molecular flexibility index (Phi) is 7.04. The first-order valence-electron chi connectivity index (χ1n) is 10.1. The predicted molar refractivity (Wildman–Crippen MR) is 107 cm³/mol. The van der Waals surface area contributed by atoms with E-state index >= 15 is 0 Å². The highest BCUT2D eigenvalue weighted by atomic mass is 17.1. The molecule has 1 saturated carbocycles. The van der Waals surface area contributed by atoms with E-state index in [1.165, 1.54) is 50.5 Å². The second kappa shape index (κ2) is 9.69. The summed E-state index contributed by atoms with van der Waals surface area (Å²) < 4.78 is 0. The van der Waals surface area contributed by atoms with E-state index in [0.717, 1.165) is 17.0 Å². The van der Waals surface area contributed by atoms with Crippen LogP contribution < -0.4 is 0 Å². The van der Waals surface area contributed by atoms with Gasteiger partial charge in [0.1, 0.15) is 6.10 Å². The minimum Gasteiger partial charge on any atom is -0.251 e. The Morgan fingerprint density at radius 1 is 1.00 bits per heavy atom. The van der Waals surface area contributed by atoms with Crippen molar-refractivity contribution in [3.8, 4) is 6.07 Å². The lowest BCUT2D eigenvalue weighted by Gasteiger charge is -2.29. The van der Waals surface area contributed by atoms with Crippen LogP contribution in [0.25, 0.3) is 0 Å². The van der Waals surface area contributed by atoms with E-state index in [1.807, 2.05) is 12.1 Å². The Balaban J connectivity index is 1.64. The number of nitriles is 1. The maximum atomic E-state index is 9.41. The predicted octanol–water partition coefficient (Wildman–Crippen LogP) is 6.60. The fraction of sp³-hybridized carbons (Fsp3) is 0.458. The first-order chi connectivity index (χ1) is 13.2. The molecule has 0 bridgehead atoms. The highest BCUT2D eigenvalue weighted by molar-refractivity contribution is 5.37. The summed E-state index contributed by atoms with van der Waals surface area (Å²) >= 11 is 0. The van der Waals surface area contributed by atoms with Gasteiger partial charge in [-0.3, -0.25) is 5.26 Å². The molecule has 0 radical (unpaired) electrons. The molecule has 0 aromatic heterocycles. The van der Waals surface area contributed by atoms with Crippen molar-refractivity contribution in [1.82, 2.24) is 0 Å². The van der Waals surface area contributed by atoms with Gasteiger partial charge in [0.05, 0.1) is 11.6 Å². The Morgan fingerprint density at radius 2 is 1.59 bits per heavy atom. The van der Waals surface area contributed by atoms with Gasteiger partial charge in [-0.05, 0) is 66.3 Å². The molecule has 1 N–H and O–H groups in total. The number of unbranched alkanes of at least 4 members (excludes halogenated alkanes) is 1. The van der Waals surface area contributed by atoms with Gasteiger partial charge in [-0.25, -0.2) is 4.89 Å². The number of rotatable bonds is 7. The molecule has 1 aliphatic rings. The van der Waals surface area contributed by atoms with Crippen LogP contribution in [0.4, 0.5) is 0 Å². The fourth-order valence-corrected chi connectivity index (χ4v) is 4.27. The molecule has 0 saturated heterocycles. The molecule has 3 nitrogen and oxygen atoms in total. The van der Waals surface area contributed by atoms with Gasteiger partial charge in [0, 0.05) is 0 Å². The number of nitrogens with zero attached hydrogens (tertiary/aromatic N) is 1. The topological polar surface area (TPSA) is 53.2 Å². The van der Waals surface area contributed by atoms with Gasteiger partial charge in [0.15, 0.2) is 0 Å². The lowest BCUT2D eigenvalue weighted by Crippen LogP contribution is -2.13. The summed E-state index contributed by atoms with van der Waals surface area (Å²) in [4.78, 5) is 4.75. The van der Waals surface area contributed by atoms with Gasteiger partial charge in [0.2, 0.25) is 0 Å². The van der Waals surface area contributed by atoms with Crippen LogP contribution in [-0.2, 0) is 4.89 Å². The molecular weight excluding hydrogens is 334 g/mol. The SMILES string of the molecule is CCCCC1CCC(c2ccc(C(OO)c3ccc(C#N)cc3)cc2)CC1. The third kappa shape index (κ3) is 4.97. The monoisotopic (exact) mass is 363 g/mol. The summed E-state index contributed by atoms with van der Waals surface area (Å²) in [6, 6.07) is 17.7. The van der Waals surface area contributed by atoms with Crippen molar-refractivity contribution in [2.75, 3.05) is 0 Å². The van der Waals surface area contributed by atoms with Gasteiger partial charge < -0.3 is 0 Å². The average molecular weight is 364 g/mol. The summed E-state index contributed by atoms with van der Waals surface area (Å²) in [5.41, 5.74) is 3.74. The molecule has 142 valence electrons. The minimum atomic E-state index is -0.531. The zero-order chi connectivity index (χ0) is 19.1. The molecule has 3 heteroatoms. The minimum absolute atomic E-state index is 0.531. The highest BCUT2D eigenvalue weighted by Gasteiger charge is 2.22.